The van der Waals surface area contributed by atoms with Crippen molar-refractivity contribution in [1.29, 1.82) is 0 Å². The quantitative estimate of drug-likeness (QED) is 0.774. The zero-order chi connectivity index (χ0) is 17.0. The van der Waals surface area contributed by atoms with Gasteiger partial charge in [0.05, 0.1) is 5.69 Å². The molecule has 0 aromatic heterocycles. The average molecular weight is 322 g/mol. The van der Waals surface area contributed by atoms with Gasteiger partial charge in [0.25, 0.3) is 0 Å². The summed E-state index contributed by atoms with van der Waals surface area (Å²) in [7, 11) is 0. The highest BCUT2D eigenvalue weighted by atomic mass is 19.2. The predicted octanol–water partition coefficient (Wildman–Crippen LogP) is 4.83. The molecule has 0 bridgehead atoms. The minimum absolute atomic E-state index is 0.0904. The number of hydrogen-bond donors (Lipinski definition) is 2. The van der Waals surface area contributed by atoms with E-state index in [9.17, 15) is 18.0 Å². The highest BCUT2D eigenvalue weighted by Gasteiger charge is 2.13. The van der Waals surface area contributed by atoms with Gasteiger partial charge in [-0.2, -0.15) is 0 Å². The molecule has 0 saturated heterocycles. The molecule has 3 nitrogen and oxygen atoms in total. The van der Waals surface area contributed by atoms with Crippen molar-refractivity contribution in [3.8, 4) is 0 Å². The summed E-state index contributed by atoms with van der Waals surface area (Å²) in [6, 6.07) is 8.45. The summed E-state index contributed by atoms with van der Waals surface area (Å²) >= 11 is 0. The first-order valence-corrected chi connectivity index (χ1v) is 7.17. The maximum atomic E-state index is 13.6. The molecule has 0 aliphatic rings. The number of nitrogens with one attached hydrogen (secondary N) is 2. The molecule has 23 heavy (non-hydrogen) atoms. The van der Waals surface area contributed by atoms with Crippen molar-refractivity contribution >= 4 is 23.0 Å². The van der Waals surface area contributed by atoms with Gasteiger partial charge >= 0.3 is 0 Å². The van der Waals surface area contributed by atoms with E-state index in [0.717, 1.165) is 12.1 Å². The summed E-state index contributed by atoms with van der Waals surface area (Å²) in [4.78, 5) is 11.7. The summed E-state index contributed by atoms with van der Waals surface area (Å²) in [6.45, 7) is 3.89. The number of rotatable bonds is 5. The number of amides is 1. The van der Waals surface area contributed by atoms with Crippen molar-refractivity contribution in [3.63, 3.8) is 0 Å². The van der Waals surface area contributed by atoms with E-state index in [-0.39, 0.29) is 17.5 Å². The molecule has 0 aliphatic carbocycles. The van der Waals surface area contributed by atoms with Crippen LogP contribution in [0.4, 0.5) is 30.2 Å². The molecule has 0 spiro atoms. The third-order valence-corrected chi connectivity index (χ3v) is 3.08. The van der Waals surface area contributed by atoms with E-state index in [2.05, 4.69) is 10.6 Å². The number of benzene rings is 2. The zero-order valence-electron chi connectivity index (χ0n) is 12.8. The van der Waals surface area contributed by atoms with E-state index >= 15 is 0 Å². The molecule has 2 aromatic rings. The van der Waals surface area contributed by atoms with Crippen LogP contribution in [0.2, 0.25) is 0 Å². The van der Waals surface area contributed by atoms with Gasteiger partial charge in [-0.1, -0.05) is 13.8 Å². The van der Waals surface area contributed by atoms with Crippen LogP contribution in [0.3, 0.4) is 0 Å². The van der Waals surface area contributed by atoms with Crippen molar-refractivity contribution in [3.05, 3.63) is 53.8 Å². The van der Waals surface area contributed by atoms with Crippen LogP contribution in [0.25, 0.3) is 0 Å². The van der Waals surface area contributed by atoms with Gasteiger partial charge in [-0.15, -0.1) is 0 Å². The summed E-state index contributed by atoms with van der Waals surface area (Å²) in [5.41, 5.74) is 0.921. The van der Waals surface area contributed by atoms with Crippen LogP contribution >= 0.6 is 0 Å². The van der Waals surface area contributed by atoms with Gasteiger partial charge < -0.3 is 10.6 Å². The fraction of sp³-hybridized carbons (Fsp3) is 0.235. The van der Waals surface area contributed by atoms with E-state index in [0.29, 0.717) is 17.8 Å². The largest absolute Gasteiger partial charge is 0.353 e. The van der Waals surface area contributed by atoms with Gasteiger partial charge in [-0.05, 0) is 42.3 Å². The van der Waals surface area contributed by atoms with Gasteiger partial charge in [0.1, 0.15) is 0 Å². The minimum atomic E-state index is -1.52. The Bertz CT molecular complexity index is 700. The second kappa shape index (κ2) is 7.17. The van der Waals surface area contributed by atoms with Crippen LogP contribution in [-0.4, -0.2) is 5.91 Å². The first-order valence-electron chi connectivity index (χ1n) is 7.17. The summed E-state index contributed by atoms with van der Waals surface area (Å²) in [5.74, 6) is -3.87. The van der Waals surface area contributed by atoms with Crippen LogP contribution < -0.4 is 10.6 Å². The molecular formula is C17H17F3N2O. The van der Waals surface area contributed by atoms with Crippen molar-refractivity contribution in [2.45, 2.75) is 20.3 Å². The topological polar surface area (TPSA) is 41.1 Å². The molecule has 6 heteroatoms. The second-order valence-electron chi connectivity index (χ2n) is 5.57. The molecule has 0 unspecified atom stereocenters. The van der Waals surface area contributed by atoms with Crippen molar-refractivity contribution < 1.29 is 18.0 Å². The second-order valence-corrected chi connectivity index (χ2v) is 5.57. The van der Waals surface area contributed by atoms with E-state index in [4.69, 9.17) is 0 Å². The Morgan fingerprint density at radius 2 is 1.57 bits per heavy atom. The van der Waals surface area contributed by atoms with Gasteiger partial charge in [-0.3, -0.25) is 4.79 Å². The molecule has 122 valence electrons. The lowest BCUT2D eigenvalue weighted by Gasteiger charge is -2.10. The lowest BCUT2D eigenvalue weighted by molar-refractivity contribution is -0.116. The lowest BCUT2D eigenvalue weighted by Crippen LogP contribution is -2.13. The fourth-order valence-corrected chi connectivity index (χ4v) is 2.00. The predicted molar refractivity (Wildman–Crippen MR) is 84.1 cm³/mol. The molecule has 2 N–H and O–H groups in total. The van der Waals surface area contributed by atoms with Crippen LogP contribution in [-0.2, 0) is 4.79 Å². The molecule has 2 aromatic carbocycles. The maximum Gasteiger partial charge on any atom is 0.224 e. The van der Waals surface area contributed by atoms with E-state index in [1.807, 2.05) is 13.8 Å². The molecule has 2 rings (SSSR count). The van der Waals surface area contributed by atoms with Gasteiger partial charge in [-0.25, -0.2) is 13.2 Å². The SMILES string of the molecule is CC(C)CC(=O)Nc1ccc(Nc2ccc(F)c(F)c2F)cc1. The maximum absolute atomic E-state index is 13.6. The highest BCUT2D eigenvalue weighted by molar-refractivity contribution is 5.91. The molecule has 1 amide bonds. The van der Waals surface area contributed by atoms with E-state index < -0.39 is 17.5 Å². The van der Waals surface area contributed by atoms with Crippen molar-refractivity contribution in [1.82, 2.24) is 0 Å². The van der Waals surface area contributed by atoms with Crippen molar-refractivity contribution in [2.24, 2.45) is 5.92 Å². The Morgan fingerprint density at radius 3 is 2.17 bits per heavy atom. The first-order chi connectivity index (χ1) is 10.9. The minimum Gasteiger partial charge on any atom is -0.353 e. The van der Waals surface area contributed by atoms with Gasteiger partial charge in [0, 0.05) is 17.8 Å². The molecule has 0 atom stereocenters. The smallest absolute Gasteiger partial charge is 0.224 e. The van der Waals surface area contributed by atoms with Crippen molar-refractivity contribution in [2.75, 3.05) is 10.6 Å². The standard InChI is InChI=1S/C17H17F3N2O/c1-10(2)9-15(23)22-12-5-3-11(4-6-12)21-14-8-7-13(18)16(19)17(14)20/h3-8,10,21H,9H2,1-2H3,(H,22,23). The van der Waals surface area contributed by atoms with Crippen LogP contribution in [0.15, 0.2) is 36.4 Å². The Morgan fingerprint density at radius 1 is 0.957 bits per heavy atom. The molecule has 0 aliphatic heterocycles. The zero-order valence-corrected chi connectivity index (χ0v) is 12.8. The Hall–Kier alpha value is -2.50. The average Bonchev–Trinajstić information content (AvgIpc) is 2.49. The highest BCUT2D eigenvalue weighted by Crippen LogP contribution is 2.24. The van der Waals surface area contributed by atoms with Crippen LogP contribution in [0, 0.1) is 23.4 Å². The first kappa shape index (κ1) is 16.9. The molecule has 0 fully saturated rings. The summed E-state index contributed by atoms with van der Waals surface area (Å²) in [5, 5.41) is 5.40. The van der Waals surface area contributed by atoms with Gasteiger partial charge in [0.15, 0.2) is 17.5 Å². The molecule has 0 radical (unpaired) electrons. The van der Waals surface area contributed by atoms with E-state index in [1.165, 1.54) is 0 Å². The number of anilines is 3. The lowest BCUT2D eigenvalue weighted by atomic mass is 10.1. The Balaban J connectivity index is 2.06. The number of carbonyl (C=O) groups is 1. The molecule has 0 heterocycles. The monoisotopic (exact) mass is 322 g/mol. The molecule has 0 saturated carbocycles. The summed E-state index contributed by atoms with van der Waals surface area (Å²) < 4.78 is 39.6. The normalized spacial score (nSPS) is 10.7. The van der Waals surface area contributed by atoms with Crippen LogP contribution in [0.5, 0.6) is 0 Å². The third-order valence-electron chi connectivity index (χ3n) is 3.08. The fourth-order valence-electron chi connectivity index (χ4n) is 2.00. The number of halogens is 3. The third kappa shape index (κ3) is 4.48. The van der Waals surface area contributed by atoms with Crippen LogP contribution in [0.1, 0.15) is 20.3 Å². The summed E-state index contributed by atoms with van der Waals surface area (Å²) in [6.07, 6.45) is 0.417. The Labute approximate surface area is 132 Å². The Kier molecular flexibility index (Phi) is 5.26. The van der Waals surface area contributed by atoms with Gasteiger partial charge in [0.2, 0.25) is 5.91 Å². The number of carbonyl (C=O) groups excluding carboxylic acids is 1. The number of hydrogen-bond acceptors (Lipinski definition) is 2. The van der Waals surface area contributed by atoms with E-state index in [1.54, 1.807) is 24.3 Å². The molecular weight excluding hydrogens is 305 g/mol.